The Bertz CT molecular complexity index is 6240. The molecule has 468 valence electrons. The van der Waals surface area contributed by atoms with Crippen LogP contribution in [-0.4, -0.2) is 18.3 Å². The summed E-state index contributed by atoms with van der Waals surface area (Å²) in [5.74, 6) is 0. The number of nitrogens with zero attached hydrogens (tertiary/aromatic N) is 5. The van der Waals surface area contributed by atoms with Crippen LogP contribution in [0.15, 0.2) is 376 Å². The number of rotatable bonds is 9. The fourth-order valence-electron chi connectivity index (χ4n) is 14.9. The Morgan fingerprint density at radius 2 is 0.535 bits per heavy atom. The molecule has 0 fully saturated rings. The van der Waals surface area contributed by atoms with E-state index in [0.29, 0.717) is 0 Å². The van der Waals surface area contributed by atoms with Crippen LogP contribution < -0.4 is 10.2 Å². The van der Waals surface area contributed by atoms with Crippen molar-refractivity contribution in [2.24, 2.45) is 0 Å². The van der Waals surface area contributed by atoms with Crippen LogP contribution in [0.1, 0.15) is 0 Å². The summed E-state index contributed by atoms with van der Waals surface area (Å²) < 4.78 is 10.7. The van der Waals surface area contributed by atoms with E-state index in [1.165, 1.54) is 124 Å². The number of anilines is 5. The van der Waals surface area contributed by atoms with Gasteiger partial charge in [0.05, 0.1) is 49.8 Å². The Balaban J connectivity index is 0.000000120. The summed E-state index contributed by atoms with van der Waals surface area (Å²) in [6.45, 7) is 0. The number of benzene rings is 16. The van der Waals surface area contributed by atoms with Gasteiger partial charge >= 0.3 is 0 Å². The fourth-order valence-corrected chi connectivity index (χ4v) is 15.4. The number of aromatic nitrogens is 4. The van der Waals surface area contributed by atoms with Gasteiger partial charge in [0.25, 0.3) is 0 Å². The van der Waals surface area contributed by atoms with Crippen LogP contribution in [0.25, 0.3) is 132 Å². The van der Waals surface area contributed by atoms with Crippen molar-refractivity contribution in [1.82, 2.24) is 18.3 Å². The van der Waals surface area contributed by atoms with E-state index in [4.69, 9.17) is 0 Å². The van der Waals surface area contributed by atoms with Crippen LogP contribution in [0.2, 0.25) is 0 Å². The first-order valence-corrected chi connectivity index (χ1v) is 34.7. The predicted molar refractivity (Wildman–Crippen MR) is 429 cm³/mol. The van der Waals surface area contributed by atoms with Crippen LogP contribution in [0.5, 0.6) is 0 Å². The van der Waals surface area contributed by atoms with Gasteiger partial charge in [-0.2, -0.15) is 0 Å². The van der Waals surface area contributed by atoms with Gasteiger partial charge in [-0.05, 0) is 191 Å². The molecule has 0 bridgehead atoms. The SMILES string of the molecule is Ic1ccc2c(c1)c1ccccc1n2-c1ccccc1.c1ccc(-n2c3ccccc3c3cc(N(c4ccc5c(c4)c4ccccc4n5-c4ccccc4)c4cccc5ccccc45)ccc32)cc1.c1ccc(-n2c3ccccc3c3cc(Nc4cccc5ccccc45)ccc32)cc1. The maximum absolute atomic E-state index is 3.64. The number of para-hydroxylation sites is 8. The summed E-state index contributed by atoms with van der Waals surface area (Å²) in [4.78, 5) is 2.43. The largest absolute Gasteiger partial charge is 0.355 e. The van der Waals surface area contributed by atoms with Gasteiger partial charge in [-0.1, -0.05) is 218 Å². The summed E-state index contributed by atoms with van der Waals surface area (Å²) >= 11 is 2.38. The quantitative estimate of drug-likeness (QED) is 0.146. The van der Waals surface area contributed by atoms with E-state index < -0.39 is 0 Å². The number of fused-ring (bicyclic) bond motifs is 14. The molecule has 0 aliphatic rings. The van der Waals surface area contributed by atoms with Crippen molar-refractivity contribution in [3.05, 3.63) is 380 Å². The lowest BCUT2D eigenvalue weighted by atomic mass is 10.0. The van der Waals surface area contributed by atoms with E-state index in [1.807, 2.05) is 0 Å². The number of nitrogens with one attached hydrogen (secondary N) is 1. The topological polar surface area (TPSA) is 35.0 Å². The molecule has 4 aromatic heterocycles. The minimum Gasteiger partial charge on any atom is -0.355 e. The number of hydrogen-bond acceptors (Lipinski definition) is 2. The Kier molecular flexibility index (Phi) is 15.1. The van der Waals surface area contributed by atoms with E-state index in [1.54, 1.807) is 0 Å². The van der Waals surface area contributed by atoms with Crippen molar-refractivity contribution < 1.29 is 0 Å². The lowest BCUT2D eigenvalue weighted by Gasteiger charge is -2.27. The molecule has 4 heterocycles. The molecule has 0 unspecified atom stereocenters. The average Bonchev–Trinajstić information content (AvgIpc) is 1.65. The van der Waals surface area contributed by atoms with Gasteiger partial charge in [0, 0.05) is 103 Å². The van der Waals surface area contributed by atoms with Gasteiger partial charge in [0.2, 0.25) is 0 Å². The standard InChI is InChI=1S/C46H31N3.C28H20N2.C18H12IN/c1-3-16-33(17-4-1)48-43-23-11-9-21-38(43)40-30-35(26-28-45(40)48)47(42-25-13-15-32-14-7-8-20-37(32)42)36-27-29-46-41(31-36)39-22-10-12-24-44(39)49(46)34-18-5-2-6-19-34;1-2-11-22(12-3-1)30-27-16-7-6-14-24(27)25-19-21(17-18-28(25)30)29-26-15-8-10-20-9-4-5-13-23(20)26;19-13-10-11-18-16(12-13)15-8-4-5-9-17(15)20(18)14-6-2-1-3-7-14/h1-31H;1-19,29H;1-12H. The van der Waals surface area contributed by atoms with E-state index in [-0.39, 0.29) is 0 Å². The molecule has 0 amide bonds. The molecule has 16 aromatic carbocycles. The minimum atomic E-state index is 1.09. The molecule has 20 rings (SSSR count). The van der Waals surface area contributed by atoms with Crippen LogP contribution >= 0.6 is 22.6 Å². The monoisotopic (exact) mass is 1380 g/mol. The zero-order valence-corrected chi connectivity index (χ0v) is 56.1. The molecular formula is C92H63IN6. The van der Waals surface area contributed by atoms with Crippen LogP contribution in [0.3, 0.4) is 0 Å². The van der Waals surface area contributed by atoms with Gasteiger partial charge in [0.15, 0.2) is 0 Å². The van der Waals surface area contributed by atoms with Crippen LogP contribution in [0, 0.1) is 3.57 Å². The maximum atomic E-state index is 3.64. The molecular weight excluding hydrogens is 1320 g/mol. The summed E-state index contributed by atoms with van der Waals surface area (Å²) in [7, 11) is 0. The number of hydrogen-bond donors (Lipinski definition) is 1. The average molecular weight is 1380 g/mol. The smallest absolute Gasteiger partial charge is 0.0542 e. The van der Waals surface area contributed by atoms with Crippen molar-refractivity contribution in [2.75, 3.05) is 10.2 Å². The second-order valence-corrected chi connectivity index (χ2v) is 26.3. The molecule has 99 heavy (non-hydrogen) atoms. The molecule has 1 N–H and O–H groups in total. The molecule has 0 aliphatic heterocycles. The molecule has 0 spiro atoms. The number of halogens is 1. The highest BCUT2D eigenvalue weighted by Gasteiger charge is 2.22. The maximum Gasteiger partial charge on any atom is 0.0542 e. The van der Waals surface area contributed by atoms with Crippen molar-refractivity contribution in [1.29, 1.82) is 0 Å². The van der Waals surface area contributed by atoms with Crippen molar-refractivity contribution in [2.45, 2.75) is 0 Å². The Morgan fingerprint density at radius 3 is 0.980 bits per heavy atom. The Morgan fingerprint density at radius 1 is 0.222 bits per heavy atom. The van der Waals surface area contributed by atoms with Gasteiger partial charge in [0.1, 0.15) is 0 Å². The van der Waals surface area contributed by atoms with Gasteiger partial charge in [-0.15, -0.1) is 0 Å². The van der Waals surface area contributed by atoms with E-state index in [0.717, 1.165) is 39.8 Å². The van der Waals surface area contributed by atoms with Crippen molar-refractivity contribution in [3.8, 4) is 22.7 Å². The first kappa shape index (κ1) is 59.1. The Hall–Kier alpha value is -12.4. The molecule has 20 aromatic rings. The third-order valence-corrected chi connectivity index (χ3v) is 19.9. The summed E-state index contributed by atoms with van der Waals surface area (Å²) in [5.41, 5.74) is 20.0. The molecule has 6 nitrogen and oxygen atoms in total. The highest BCUT2D eigenvalue weighted by atomic mass is 127. The minimum absolute atomic E-state index is 1.09. The summed E-state index contributed by atoms with van der Waals surface area (Å²) in [6, 6.07) is 134. The molecule has 0 saturated carbocycles. The second kappa shape index (κ2) is 25.3. The van der Waals surface area contributed by atoms with E-state index in [2.05, 4.69) is 427 Å². The predicted octanol–water partition coefficient (Wildman–Crippen LogP) is 25.6. The highest BCUT2D eigenvalue weighted by Crippen LogP contribution is 2.45. The molecule has 0 radical (unpaired) electrons. The van der Waals surface area contributed by atoms with Gasteiger partial charge < -0.3 is 28.5 Å². The van der Waals surface area contributed by atoms with Gasteiger partial charge in [-0.25, -0.2) is 0 Å². The lowest BCUT2D eigenvalue weighted by molar-refractivity contribution is 1.18. The van der Waals surface area contributed by atoms with E-state index >= 15 is 0 Å². The zero-order chi connectivity index (χ0) is 65.8. The summed E-state index contributed by atoms with van der Waals surface area (Å²) in [5, 5.41) is 18.6. The molecule has 0 atom stereocenters. The van der Waals surface area contributed by atoms with Crippen molar-refractivity contribution in [3.63, 3.8) is 0 Å². The molecule has 0 saturated heterocycles. The third kappa shape index (κ3) is 10.6. The van der Waals surface area contributed by atoms with Crippen LogP contribution in [0.4, 0.5) is 28.4 Å². The zero-order valence-electron chi connectivity index (χ0n) is 53.9. The van der Waals surface area contributed by atoms with E-state index in [9.17, 15) is 0 Å². The van der Waals surface area contributed by atoms with Gasteiger partial charge in [-0.3, -0.25) is 0 Å². The van der Waals surface area contributed by atoms with Crippen molar-refractivity contribution >= 4 is 160 Å². The lowest BCUT2D eigenvalue weighted by Crippen LogP contribution is -2.10. The third-order valence-electron chi connectivity index (χ3n) is 19.3. The highest BCUT2D eigenvalue weighted by molar-refractivity contribution is 14.1. The van der Waals surface area contributed by atoms with Crippen LogP contribution in [-0.2, 0) is 0 Å². The first-order chi connectivity index (χ1) is 49.1. The molecule has 7 heteroatoms. The molecule has 0 aliphatic carbocycles. The second-order valence-electron chi connectivity index (χ2n) is 25.0. The summed E-state index contributed by atoms with van der Waals surface area (Å²) in [6.07, 6.45) is 0. The first-order valence-electron chi connectivity index (χ1n) is 33.6. The normalized spacial score (nSPS) is 11.5. The Labute approximate surface area is 586 Å². The fraction of sp³-hybridized carbons (Fsp3) is 0.